The highest BCUT2D eigenvalue weighted by molar-refractivity contribution is 14.0. The molecule has 0 aliphatic carbocycles. The molecule has 2 aliphatic rings. The van der Waals surface area contributed by atoms with E-state index >= 15 is 0 Å². The fourth-order valence-electron chi connectivity index (χ4n) is 3.93. The number of rotatable bonds is 6. The zero-order chi connectivity index (χ0) is 20.0. The number of sulfonamides is 1. The average molecular weight is 536 g/mol. The van der Waals surface area contributed by atoms with Gasteiger partial charge in [0.1, 0.15) is 0 Å². The van der Waals surface area contributed by atoms with Crippen LogP contribution >= 0.6 is 24.0 Å². The molecule has 29 heavy (non-hydrogen) atoms. The van der Waals surface area contributed by atoms with Gasteiger partial charge in [0.05, 0.1) is 11.9 Å². The molecule has 2 atom stereocenters. The fourth-order valence-corrected chi connectivity index (χ4v) is 5.06. The third kappa shape index (κ3) is 6.53. The molecule has 2 fully saturated rings. The maximum absolute atomic E-state index is 12.0. The largest absolute Gasteiger partial charge is 0.373 e. The second-order valence-corrected chi connectivity index (χ2v) is 9.68. The van der Waals surface area contributed by atoms with Crippen molar-refractivity contribution in [3.63, 3.8) is 0 Å². The Morgan fingerprint density at radius 2 is 1.90 bits per heavy atom. The highest BCUT2D eigenvalue weighted by atomic mass is 127. The molecule has 0 aromatic heterocycles. The van der Waals surface area contributed by atoms with Gasteiger partial charge in [-0.05, 0) is 31.7 Å². The van der Waals surface area contributed by atoms with Crippen molar-refractivity contribution in [1.29, 1.82) is 0 Å². The van der Waals surface area contributed by atoms with Crippen molar-refractivity contribution in [2.45, 2.75) is 38.3 Å². The van der Waals surface area contributed by atoms with Crippen LogP contribution in [0, 0.1) is 5.92 Å². The summed E-state index contributed by atoms with van der Waals surface area (Å²) in [4.78, 5) is 4.35. The van der Waals surface area contributed by atoms with Crippen LogP contribution in [0.25, 0.3) is 0 Å². The number of aliphatic imine (C=N–C) groups is 1. The van der Waals surface area contributed by atoms with Crippen molar-refractivity contribution < 1.29 is 13.2 Å². The summed E-state index contributed by atoms with van der Waals surface area (Å²) >= 11 is 0. The van der Waals surface area contributed by atoms with Gasteiger partial charge in [0, 0.05) is 45.2 Å². The number of benzene rings is 1. The standard InChI is InChI=1S/C20H32N4O3S.HI/c1-3-28(25,26)24-12-9-18(10-13-24)23-20(21-2)22-15-17-11-14-27-19(17)16-7-5-4-6-8-16;/h4-8,17-19H,3,9-15H2,1-2H3,(H2,21,22,23);1H. The third-order valence-electron chi connectivity index (χ3n) is 5.65. The molecule has 2 heterocycles. The summed E-state index contributed by atoms with van der Waals surface area (Å²) in [7, 11) is -1.32. The molecule has 2 N–H and O–H groups in total. The first-order valence-electron chi connectivity index (χ1n) is 10.1. The van der Waals surface area contributed by atoms with Gasteiger partial charge in [-0.15, -0.1) is 24.0 Å². The maximum Gasteiger partial charge on any atom is 0.213 e. The minimum atomic E-state index is -3.09. The van der Waals surface area contributed by atoms with Crippen LogP contribution < -0.4 is 10.6 Å². The summed E-state index contributed by atoms with van der Waals surface area (Å²) in [6.45, 7) is 4.40. The molecule has 7 nitrogen and oxygen atoms in total. The van der Waals surface area contributed by atoms with Crippen LogP contribution in [-0.2, 0) is 14.8 Å². The number of nitrogens with zero attached hydrogens (tertiary/aromatic N) is 2. The number of halogens is 1. The van der Waals surface area contributed by atoms with E-state index in [1.807, 2.05) is 18.2 Å². The van der Waals surface area contributed by atoms with Gasteiger partial charge in [-0.1, -0.05) is 30.3 Å². The average Bonchev–Trinajstić information content (AvgIpc) is 3.20. The van der Waals surface area contributed by atoms with Gasteiger partial charge in [-0.2, -0.15) is 0 Å². The van der Waals surface area contributed by atoms with Gasteiger partial charge in [0.2, 0.25) is 10.0 Å². The predicted octanol–water partition coefficient (Wildman–Crippen LogP) is 2.36. The predicted molar refractivity (Wildman–Crippen MR) is 127 cm³/mol. The molecule has 1 aromatic rings. The molecule has 2 aliphatic heterocycles. The Hall–Kier alpha value is -0.910. The van der Waals surface area contributed by atoms with E-state index in [0.717, 1.165) is 38.4 Å². The van der Waals surface area contributed by atoms with E-state index in [1.54, 1.807) is 18.3 Å². The number of guanidine groups is 1. The Morgan fingerprint density at radius 1 is 1.21 bits per heavy atom. The molecular formula is C20H33IN4O3S. The lowest BCUT2D eigenvalue weighted by Gasteiger charge is -2.32. The number of ether oxygens (including phenoxy) is 1. The summed E-state index contributed by atoms with van der Waals surface area (Å²) in [5.74, 6) is 1.34. The molecule has 164 valence electrons. The second-order valence-electron chi connectivity index (χ2n) is 7.42. The lowest BCUT2D eigenvalue weighted by atomic mass is 9.95. The van der Waals surface area contributed by atoms with E-state index in [9.17, 15) is 8.42 Å². The van der Waals surface area contributed by atoms with Crippen molar-refractivity contribution in [1.82, 2.24) is 14.9 Å². The van der Waals surface area contributed by atoms with Gasteiger partial charge in [-0.3, -0.25) is 4.99 Å². The Labute approximate surface area is 191 Å². The molecule has 1 aromatic carbocycles. The zero-order valence-corrected chi connectivity index (χ0v) is 20.4. The number of nitrogens with one attached hydrogen (secondary N) is 2. The van der Waals surface area contributed by atoms with E-state index < -0.39 is 10.0 Å². The van der Waals surface area contributed by atoms with E-state index in [2.05, 4.69) is 27.8 Å². The van der Waals surface area contributed by atoms with E-state index in [1.165, 1.54) is 5.56 Å². The number of hydrogen-bond donors (Lipinski definition) is 2. The maximum atomic E-state index is 12.0. The van der Waals surface area contributed by atoms with Gasteiger partial charge in [0.25, 0.3) is 0 Å². The summed E-state index contributed by atoms with van der Waals surface area (Å²) < 4.78 is 31.5. The summed E-state index contributed by atoms with van der Waals surface area (Å²) in [5.41, 5.74) is 1.22. The lowest BCUT2D eigenvalue weighted by Crippen LogP contribution is -2.50. The van der Waals surface area contributed by atoms with Crippen LogP contribution in [0.1, 0.15) is 37.9 Å². The fraction of sp³-hybridized carbons (Fsp3) is 0.650. The first-order chi connectivity index (χ1) is 13.5. The Kier molecular flexibility index (Phi) is 9.64. The second kappa shape index (κ2) is 11.5. The topological polar surface area (TPSA) is 83.0 Å². The minimum Gasteiger partial charge on any atom is -0.373 e. The van der Waals surface area contributed by atoms with Crippen LogP contribution in [0.5, 0.6) is 0 Å². The Balaban J connectivity index is 0.00000300. The minimum absolute atomic E-state index is 0. The number of hydrogen-bond acceptors (Lipinski definition) is 4. The van der Waals surface area contributed by atoms with Crippen LogP contribution in [-0.4, -0.2) is 63.8 Å². The van der Waals surface area contributed by atoms with E-state index in [-0.39, 0.29) is 41.9 Å². The highest BCUT2D eigenvalue weighted by Gasteiger charge is 2.30. The summed E-state index contributed by atoms with van der Waals surface area (Å²) in [6, 6.07) is 10.6. The summed E-state index contributed by atoms with van der Waals surface area (Å²) in [5, 5.41) is 6.89. The van der Waals surface area contributed by atoms with Crippen molar-refractivity contribution in [3.8, 4) is 0 Å². The lowest BCUT2D eigenvalue weighted by molar-refractivity contribution is 0.0915. The molecular weight excluding hydrogens is 503 g/mol. The molecule has 9 heteroatoms. The van der Waals surface area contributed by atoms with Crippen molar-refractivity contribution in [2.24, 2.45) is 10.9 Å². The van der Waals surface area contributed by atoms with Crippen LogP contribution in [0.2, 0.25) is 0 Å². The smallest absolute Gasteiger partial charge is 0.213 e. The van der Waals surface area contributed by atoms with Crippen LogP contribution in [0.15, 0.2) is 35.3 Å². The van der Waals surface area contributed by atoms with Crippen molar-refractivity contribution in [2.75, 3.05) is 39.0 Å². The van der Waals surface area contributed by atoms with E-state index in [0.29, 0.717) is 19.0 Å². The third-order valence-corrected chi connectivity index (χ3v) is 7.53. The van der Waals surface area contributed by atoms with Gasteiger partial charge in [-0.25, -0.2) is 12.7 Å². The molecule has 2 unspecified atom stereocenters. The molecule has 0 amide bonds. The Bertz CT molecular complexity index is 752. The normalized spacial score (nSPS) is 24.1. The first-order valence-corrected chi connectivity index (χ1v) is 11.8. The molecule has 3 rings (SSSR count). The van der Waals surface area contributed by atoms with Gasteiger partial charge >= 0.3 is 0 Å². The van der Waals surface area contributed by atoms with E-state index in [4.69, 9.17) is 4.74 Å². The molecule has 0 radical (unpaired) electrons. The molecule has 0 bridgehead atoms. The quantitative estimate of drug-likeness (QED) is 0.332. The zero-order valence-electron chi connectivity index (χ0n) is 17.2. The first kappa shape index (κ1) is 24.4. The van der Waals surface area contributed by atoms with Crippen molar-refractivity contribution >= 4 is 40.0 Å². The SMILES string of the molecule is CCS(=O)(=O)N1CCC(NC(=NC)NCC2CCOC2c2ccccc2)CC1.I. The Morgan fingerprint density at radius 3 is 2.52 bits per heavy atom. The number of piperidine rings is 1. The van der Waals surface area contributed by atoms with Crippen molar-refractivity contribution in [3.05, 3.63) is 35.9 Å². The highest BCUT2D eigenvalue weighted by Crippen LogP contribution is 2.33. The monoisotopic (exact) mass is 536 g/mol. The van der Waals surface area contributed by atoms with Crippen LogP contribution in [0.3, 0.4) is 0 Å². The van der Waals surface area contributed by atoms with Gasteiger partial charge in [0.15, 0.2) is 5.96 Å². The molecule has 0 spiro atoms. The molecule has 2 saturated heterocycles. The summed E-state index contributed by atoms with van der Waals surface area (Å²) in [6.07, 6.45) is 2.73. The van der Waals surface area contributed by atoms with Gasteiger partial charge < -0.3 is 15.4 Å². The molecule has 0 saturated carbocycles. The van der Waals surface area contributed by atoms with Crippen LogP contribution in [0.4, 0.5) is 0 Å².